The largest absolute Gasteiger partial charge is 0.490 e. The second kappa shape index (κ2) is 7.20. The zero-order chi connectivity index (χ0) is 22.2. The van der Waals surface area contributed by atoms with Gasteiger partial charge in [-0.05, 0) is 104 Å². The van der Waals surface area contributed by atoms with Crippen molar-refractivity contribution in [2.75, 3.05) is 0 Å². The predicted molar refractivity (Wildman–Crippen MR) is 133 cm³/mol. The van der Waals surface area contributed by atoms with Gasteiger partial charge < -0.3 is 4.74 Å². The van der Waals surface area contributed by atoms with E-state index in [1.54, 1.807) is 16.7 Å². The molecule has 0 radical (unpaired) electrons. The first-order valence-corrected chi connectivity index (χ1v) is 13.5. The third-order valence-corrected chi connectivity index (χ3v) is 10.6. The molecule has 172 valence electrons. The normalized spacial score (nSPS) is 38.4. The molecule has 2 fully saturated rings. The molecule has 5 aliphatic rings. The number of aromatic nitrogens is 1. The van der Waals surface area contributed by atoms with E-state index < -0.39 is 0 Å². The number of allylic oxidation sites excluding steroid dienone is 1. The molecule has 0 amide bonds. The van der Waals surface area contributed by atoms with Gasteiger partial charge in [-0.3, -0.25) is 4.98 Å². The summed E-state index contributed by atoms with van der Waals surface area (Å²) in [5.74, 6) is 3.44. The number of ether oxygens (including phenoxy) is 1. The van der Waals surface area contributed by atoms with Crippen molar-refractivity contribution in [3.8, 4) is 5.75 Å². The third-order valence-electron chi connectivity index (χ3n) is 10.6. The van der Waals surface area contributed by atoms with Gasteiger partial charge in [0.1, 0.15) is 11.9 Å². The first-order valence-electron chi connectivity index (χ1n) is 13.5. The minimum Gasteiger partial charge on any atom is -0.490 e. The quantitative estimate of drug-likeness (QED) is 0.470. The molecule has 0 unspecified atom stereocenters. The Bertz CT molecular complexity index is 1120. The van der Waals surface area contributed by atoms with Gasteiger partial charge >= 0.3 is 0 Å². The summed E-state index contributed by atoms with van der Waals surface area (Å²) < 4.78 is 6.40. The molecule has 5 aliphatic carbocycles. The van der Waals surface area contributed by atoms with Crippen LogP contribution in [0.5, 0.6) is 5.75 Å². The molecular weight excluding hydrogens is 402 g/mol. The Kier molecular flexibility index (Phi) is 4.43. The van der Waals surface area contributed by atoms with Crippen LogP contribution in [0.25, 0.3) is 0 Å². The highest BCUT2D eigenvalue weighted by Gasteiger charge is 2.58. The maximum atomic E-state index is 6.40. The number of hydrogen-bond donors (Lipinski definition) is 0. The van der Waals surface area contributed by atoms with Gasteiger partial charge in [0.05, 0.1) is 5.69 Å². The lowest BCUT2D eigenvalue weighted by Crippen LogP contribution is -2.51. The molecule has 0 N–H and O–H groups in total. The highest BCUT2D eigenvalue weighted by Crippen LogP contribution is 2.64. The summed E-state index contributed by atoms with van der Waals surface area (Å²) in [6.45, 7) is 5.17. The summed E-state index contributed by atoms with van der Waals surface area (Å²) in [6, 6.07) is 13.0. The summed E-state index contributed by atoms with van der Waals surface area (Å²) >= 11 is 0. The second-order valence-corrected chi connectivity index (χ2v) is 12.2. The number of nitrogens with zero attached hydrogens (tertiary/aromatic N) is 1. The topological polar surface area (TPSA) is 22.1 Å². The number of pyridine rings is 1. The van der Waals surface area contributed by atoms with Gasteiger partial charge in [0.2, 0.25) is 0 Å². The van der Waals surface area contributed by atoms with Crippen molar-refractivity contribution >= 4 is 0 Å². The van der Waals surface area contributed by atoms with Crippen LogP contribution in [0.1, 0.15) is 81.3 Å². The Morgan fingerprint density at radius 2 is 1.76 bits per heavy atom. The van der Waals surface area contributed by atoms with Crippen molar-refractivity contribution in [1.82, 2.24) is 4.98 Å². The number of hydrogen-bond acceptors (Lipinski definition) is 2. The van der Waals surface area contributed by atoms with E-state index in [1.807, 2.05) is 0 Å². The molecule has 2 saturated carbocycles. The first-order chi connectivity index (χ1) is 16.0. The van der Waals surface area contributed by atoms with Crippen molar-refractivity contribution in [3.05, 3.63) is 70.6 Å². The number of para-hydroxylation sites is 1. The predicted octanol–water partition coefficient (Wildman–Crippen LogP) is 6.99. The molecule has 2 nitrogen and oxygen atoms in total. The van der Waals surface area contributed by atoms with Crippen LogP contribution in [0.3, 0.4) is 0 Å². The molecule has 1 heterocycles. The van der Waals surface area contributed by atoms with Crippen LogP contribution >= 0.6 is 0 Å². The Morgan fingerprint density at radius 3 is 2.64 bits per heavy atom. The Labute approximate surface area is 198 Å². The van der Waals surface area contributed by atoms with Crippen molar-refractivity contribution in [3.63, 3.8) is 0 Å². The van der Waals surface area contributed by atoms with Gasteiger partial charge in [-0.15, -0.1) is 0 Å². The molecule has 33 heavy (non-hydrogen) atoms. The van der Waals surface area contributed by atoms with Gasteiger partial charge in [-0.2, -0.15) is 0 Å². The van der Waals surface area contributed by atoms with Crippen LogP contribution < -0.4 is 4.74 Å². The summed E-state index contributed by atoms with van der Waals surface area (Å²) in [6.07, 6.45) is 15.5. The van der Waals surface area contributed by atoms with Gasteiger partial charge in [0.15, 0.2) is 0 Å². The molecule has 1 aromatic carbocycles. The highest BCUT2D eigenvalue weighted by atomic mass is 16.5. The van der Waals surface area contributed by atoms with E-state index in [0.29, 0.717) is 16.9 Å². The van der Waals surface area contributed by atoms with Crippen molar-refractivity contribution < 1.29 is 4.74 Å². The van der Waals surface area contributed by atoms with Crippen molar-refractivity contribution in [2.45, 2.75) is 89.6 Å². The first kappa shape index (κ1) is 20.3. The fraction of sp³-hybridized carbons (Fsp3) is 0.581. The molecule has 2 aromatic rings. The fourth-order valence-corrected chi connectivity index (χ4v) is 8.82. The van der Waals surface area contributed by atoms with E-state index in [0.717, 1.165) is 29.9 Å². The van der Waals surface area contributed by atoms with E-state index in [9.17, 15) is 0 Å². The van der Waals surface area contributed by atoms with E-state index in [-0.39, 0.29) is 0 Å². The van der Waals surface area contributed by atoms with Crippen LogP contribution in [-0.4, -0.2) is 11.1 Å². The molecule has 0 spiro atoms. The number of aryl methyl sites for hydroxylation is 2. The average molecular weight is 440 g/mol. The van der Waals surface area contributed by atoms with Crippen molar-refractivity contribution in [2.24, 2.45) is 23.2 Å². The maximum absolute atomic E-state index is 6.40. The molecule has 1 aromatic heterocycles. The highest BCUT2D eigenvalue weighted by molar-refractivity contribution is 5.43. The molecule has 2 heteroatoms. The van der Waals surface area contributed by atoms with Crippen molar-refractivity contribution in [1.29, 1.82) is 0 Å². The zero-order valence-electron chi connectivity index (χ0n) is 20.3. The molecular formula is C31H37NO. The van der Waals surface area contributed by atoms with Crippen LogP contribution in [0, 0.1) is 23.2 Å². The van der Waals surface area contributed by atoms with Gasteiger partial charge in [-0.25, -0.2) is 0 Å². The Hall–Kier alpha value is -2.09. The lowest BCUT2D eigenvalue weighted by molar-refractivity contribution is -0.0139. The van der Waals surface area contributed by atoms with E-state index in [4.69, 9.17) is 9.72 Å². The smallest absolute Gasteiger partial charge is 0.119 e. The van der Waals surface area contributed by atoms with E-state index in [2.05, 4.69) is 56.3 Å². The molecule has 0 aliphatic heterocycles. The SMILES string of the molecule is C[C@]12CC[C@H](Oc3ccccc3)CC1=CC[C@@H]1[C@@H]2CC[C@]2(C)c3nc4c(cc3C[C@@H]12)CCC4. The van der Waals surface area contributed by atoms with Crippen LogP contribution in [0.4, 0.5) is 0 Å². The minimum absolute atomic E-state index is 0.295. The number of benzene rings is 1. The second-order valence-electron chi connectivity index (χ2n) is 12.2. The van der Waals surface area contributed by atoms with Crippen LogP contribution in [0.15, 0.2) is 48.0 Å². The summed E-state index contributed by atoms with van der Waals surface area (Å²) in [4.78, 5) is 5.34. The molecule has 7 rings (SSSR count). The third kappa shape index (κ3) is 2.95. The number of fused-ring (bicyclic) bond motifs is 8. The fourth-order valence-electron chi connectivity index (χ4n) is 8.82. The van der Waals surface area contributed by atoms with Gasteiger partial charge in [0, 0.05) is 17.5 Å². The lowest BCUT2D eigenvalue weighted by atomic mass is 9.48. The van der Waals surface area contributed by atoms with Crippen LogP contribution in [0.2, 0.25) is 0 Å². The molecule has 0 saturated heterocycles. The average Bonchev–Trinajstić information content (AvgIpc) is 3.40. The summed E-state index contributed by atoms with van der Waals surface area (Å²) in [5.41, 5.74) is 8.44. The van der Waals surface area contributed by atoms with Gasteiger partial charge in [0.25, 0.3) is 0 Å². The minimum atomic E-state index is 0.295. The summed E-state index contributed by atoms with van der Waals surface area (Å²) in [7, 11) is 0. The van der Waals surface area contributed by atoms with E-state index in [1.165, 1.54) is 69.2 Å². The lowest BCUT2D eigenvalue weighted by Gasteiger charge is -2.57. The monoisotopic (exact) mass is 439 g/mol. The zero-order valence-corrected chi connectivity index (χ0v) is 20.3. The Morgan fingerprint density at radius 1 is 0.909 bits per heavy atom. The van der Waals surface area contributed by atoms with Crippen LogP contribution in [-0.2, 0) is 24.7 Å². The van der Waals surface area contributed by atoms with E-state index >= 15 is 0 Å². The number of rotatable bonds is 2. The molecule has 0 bridgehead atoms. The van der Waals surface area contributed by atoms with Gasteiger partial charge in [-0.1, -0.05) is 49.8 Å². The standard InChI is InChI=1S/C31H37NO/c1-30-15-13-24(33-23-8-4-3-5-9-23)19-22(30)11-12-25-26(30)14-16-31(2)27(25)18-21-17-20-7-6-10-28(20)32-29(21)31/h3-5,8-9,11,17,24-27H,6-7,10,12-16,18-19H2,1-2H3/t24-,25+,26-,27-,30-,31-/m0/s1. The molecule has 6 atom stereocenters. The maximum Gasteiger partial charge on any atom is 0.119 e. The Balaban J connectivity index is 1.16. The summed E-state index contributed by atoms with van der Waals surface area (Å²) in [5, 5.41) is 0.